The first kappa shape index (κ1) is 26.2. The van der Waals surface area contributed by atoms with Gasteiger partial charge in [0.1, 0.15) is 0 Å². The van der Waals surface area contributed by atoms with E-state index in [1.165, 1.54) is 49.0 Å². The van der Waals surface area contributed by atoms with Gasteiger partial charge in [0.05, 0.1) is 22.8 Å². The highest BCUT2D eigenvalue weighted by atomic mass is 14.8. The molecule has 3 nitrogen and oxygen atoms in total. The van der Waals surface area contributed by atoms with Crippen molar-refractivity contribution in [1.29, 1.82) is 0 Å². The molecule has 0 spiro atoms. The minimum atomic E-state index is 0.814. The average Bonchev–Trinajstić information content (AvgIpc) is 3.14. The van der Waals surface area contributed by atoms with Crippen molar-refractivity contribution >= 4 is 32.3 Å². The number of rotatable bonds is 5. The zero-order valence-corrected chi connectivity index (χ0v) is 24.9. The standard InChI is InChI=1S/C43H27N3/c1-2-13-33(32(12-1)31-26-40(38-16-5-7-24-44-38)46-41(27-31)39-17-6-8-25-45-39)34-14-3-4-15-35(34)36-22-20-30-19-18-28-10-9-11-29-21-23-37(36)43(30)42(28)29/h1-27H. The van der Waals surface area contributed by atoms with Crippen LogP contribution in [0.5, 0.6) is 0 Å². The number of pyridine rings is 3. The molecule has 0 saturated heterocycles. The highest BCUT2D eigenvalue weighted by molar-refractivity contribution is 6.25. The van der Waals surface area contributed by atoms with E-state index >= 15 is 0 Å². The summed E-state index contributed by atoms with van der Waals surface area (Å²) in [5.41, 5.74) is 10.3. The highest BCUT2D eigenvalue weighted by Gasteiger charge is 2.18. The van der Waals surface area contributed by atoms with Crippen molar-refractivity contribution < 1.29 is 0 Å². The van der Waals surface area contributed by atoms with Crippen LogP contribution in [0.1, 0.15) is 0 Å². The predicted octanol–water partition coefficient (Wildman–Crippen LogP) is 11.1. The lowest BCUT2D eigenvalue weighted by molar-refractivity contribution is 1.22. The Hall–Kier alpha value is -6.19. The van der Waals surface area contributed by atoms with Crippen molar-refractivity contribution in [2.75, 3.05) is 0 Å². The van der Waals surface area contributed by atoms with Crippen LogP contribution in [0.4, 0.5) is 0 Å². The van der Waals surface area contributed by atoms with Crippen molar-refractivity contribution in [2.24, 2.45) is 0 Å². The molecule has 3 aromatic heterocycles. The van der Waals surface area contributed by atoms with Crippen LogP contribution in [0.2, 0.25) is 0 Å². The first-order chi connectivity index (χ1) is 22.8. The number of nitrogens with zero attached hydrogens (tertiary/aromatic N) is 3. The molecule has 0 bridgehead atoms. The Labute approximate surface area is 266 Å². The van der Waals surface area contributed by atoms with Gasteiger partial charge in [-0.25, -0.2) is 4.98 Å². The fraction of sp³-hybridized carbons (Fsp3) is 0. The molecule has 0 fully saturated rings. The summed E-state index contributed by atoms with van der Waals surface area (Å²) >= 11 is 0. The number of hydrogen-bond acceptors (Lipinski definition) is 3. The fourth-order valence-corrected chi connectivity index (χ4v) is 6.87. The van der Waals surface area contributed by atoms with Crippen LogP contribution in [0.3, 0.4) is 0 Å². The van der Waals surface area contributed by atoms with Gasteiger partial charge in [-0.15, -0.1) is 0 Å². The molecule has 0 radical (unpaired) electrons. The molecular weight excluding hydrogens is 558 g/mol. The van der Waals surface area contributed by atoms with Gasteiger partial charge in [0, 0.05) is 12.4 Å². The Morgan fingerprint density at radius 2 is 0.826 bits per heavy atom. The molecule has 3 heteroatoms. The summed E-state index contributed by atoms with van der Waals surface area (Å²) in [5, 5.41) is 7.74. The fourth-order valence-electron chi connectivity index (χ4n) is 6.87. The molecule has 3 heterocycles. The molecule has 214 valence electrons. The maximum absolute atomic E-state index is 5.02. The number of aromatic nitrogens is 3. The van der Waals surface area contributed by atoms with Gasteiger partial charge >= 0.3 is 0 Å². The van der Waals surface area contributed by atoms with Gasteiger partial charge in [0.15, 0.2) is 0 Å². The number of benzene rings is 6. The first-order valence-electron chi connectivity index (χ1n) is 15.5. The van der Waals surface area contributed by atoms with Crippen LogP contribution in [-0.4, -0.2) is 15.0 Å². The van der Waals surface area contributed by atoms with Crippen molar-refractivity contribution in [1.82, 2.24) is 15.0 Å². The summed E-state index contributed by atoms with van der Waals surface area (Å²) in [4.78, 5) is 14.3. The van der Waals surface area contributed by atoms with Crippen LogP contribution in [0, 0.1) is 0 Å². The summed E-state index contributed by atoms with van der Waals surface area (Å²) in [7, 11) is 0. The molecule has 0 unspecified atom stereocenters. The van der Waals surface area contributed by atoms with E-state index in [1.54, 1.807) is 0 Å². The molecule has 9 aromatic rings. The topological polar surface area (TPSA) is 38.7 Å². The molecule has 0 amide bonds. The molecular formula is C43H27N3. The van der Waals surface area contributed by atoms with Crippen LogP contribution < -0.4 is 0 Å². The third-order valence-corrected chi connectivity index (χ3v) is 8.95. The van der Waals surface area contributed by atoms with Gasteiger partial charge in [-0.05, 0) is 102 Å². The van der Waals surface area contributed by atoms with E-state index in [-0.39, 0.29) is 0 Å². The van der Waals surface area contributed by atoms with Gasteiger partial charge in [-0.3, -0.25) is 9.97 Å². The molecule has 0 aliphatic heterocycles. The molecule has 0 N–H and O–H groups in total. The quantitative estimate of drug-likeness (QED) is 0.189. The Balaban J connectivity index is 1.27. The largest absolute Gasteiger partial charge is 0.255 e. The van der Waals surface area contributed by atoms with E-state index in [0.717, 1.165) is 39.5 Å². The minimum absolute atomic E-state index is 0.814. The SMILES string of the molecule is c1ccc(-c2cc(-c3ccccc3-c3ccccc3-c3ccc4ccc5cccc6ccc3c4c56)cc(-c3ccccn3)n2)nc1. The van der Waals surface area contributed by atoms with Crippen LogP contribution >= 0.6 is 0 Å². The van der Waals surface area contributed by atoms with Crippen molar-refractivity contribution in [3.8, 4) is 56.2 Å². The lowest BCUT2D eigenvalue weighted by atomic mass is 9.85. The summed E-state index contributed by atoms with van der Waals surface area (Å²) in [6.45, 7) is 0. The zero-order chi connectivity index (χ0) is 30.5. The van der Waals surface area contributed by atoms with Gasteiger partial charge < -0.3 is 0 Å². The second-order valence-electron chi connectivity index (χ2n) is 11.6. The van der Waals surface area contributed by atoms with Crippen LogP contribution in [0.25, 0.3) is 88.5 Å². The molecule has 6 aromatic carbocycles. The van der Waals surface area contributed by atoms with Crippen molar-refractivity contribution in [3.05, 3.63) is 164 Å². The van der Waals surface area contributed by atoms with E-state index in [9.17, 15) is 0 Å². The maximum atomic E-state index is 5.02. The maximum Gasteiger partial charge on any atom is 0.0900 e. The molecule has 46 heavy (non-hydrogen) atoms. The van der Waals surface area contributed by atoms with E-state index in [1.807, 2.05) is 48.8 Å². The third-order valence-electron chi connectivity index (χ3n) is 8.95. The summed E-state index contributed by atoms with van der Waals surface area (Å²) in [6.07, 6.45) is 3.62. The smallest absolute Gasteiger partial charge is 0.0900 e. The lowest BCUT2D eigenvalue weighted by Crippen LogP contribution is -1.95. The molecule has 0 aliphatic rings. The second-order valence-corrected chi connectivity index (χ2v) is 11.6. The van der Waals surface area contributed by atoms with Crippen LogP contribution in [0.15, 0.2) is 164 Å². The van der Waals surface area contributed by atoms with Crippen LogP contribution in [-0.2, 0) is 0 Å². The van der Waals surface area contributed by atoms with E-state index in [2.05, 4.69) is 125 Å². The highest BCUT2D eigenvalue weighted by Crippen LogP contribution is 2.44. The minimum Gasteiger partial charge on any atom is -0.255 e. The Morgan fingerprint density at radius 1 is 0.326 bits per heavy atom. The molecule has 0 atom stereocenters. The summed E-state index contributed by atoms with van der Waals surface area (Å²) in [6, 6.07) is 53.8. The average molecular weight is 586 g/mol. The van der Waals surface area contributed by atoms with Crippen molar-refractivity contribution in [2.45, 2.75) is 0 Å². The first-order valence-corrected chi connectivity index (χ1v) is 15.5. The Kier molecular flexibility index (Phi) is 6.14. The summed E-state index contributed by atoms with van der Waals surface area (Å²) in [5.74, 6) is 0. The van der Waals surface area contributed by atoms with E-state index in [0.29, 0.717) is 0 Å². The normalized spacial score (nSPS) is 11.5. The van der Waals surface area contributed by atoms with Gasteiger partial charge in [-0.1, -0.05) is 115 Å². The monoisotopic (exact) mass is 585 g/mol. The summed E-state index contributed by atoms with van der Waals surface area (Å²) < 4.78 is 0. The zero-order valence-electron chi connectivity index (χ0n) is 24.9. The van der Waals surface area contributed by atoms with E-state index in [4.69, 9.17) is 4.98 Å². The second kappa shape index (κ2) is 10.8. The Bertz CT molecular complexity index is 2450. The third kappa shape index (κ3) is 4.33. The predicted molar refractivity (Wildman–Crippen MR) is 191 cm³/mol. The lowest BCUT2D eigenvalue weighted by Gasteiger charge is -2.18. The molecule has 0 saturated carbocycles. The van der Waals surface area contributed by atoms with Crippen molar-refractivity contribution in [3.63, 3.8) is 0 Å². The van der Waals surface area contributed by atoms with Gasteiger partial charge in [0.25, 0.3) is 0 Å². The number of hydrogen-bond donors (Lipinski definition) is 0. The molecule has 9 rings (SSSR count). The van der Waals surface area contributed by atoms with E-state index < -0.39 is 0 Å². The molecule has 0 aliphatic carbocycles. The Morgan fingerprint density at radius 3 is 1.43 bits per heavy atom. The van der Waals surface area contributed by atoms with Gasteiger partial charge in [0.2, 0.25) is 0 Å². The van der Waals surface area contributed by atoms with Gasteiger partial charge in [-0.2, -0.15) is 0 Å².